The van der Waals surface area contributed by atoms with Crippen molar-refractivity contribution in [1.82, 2.24) is 0 Å². The van der Waals surface area contributed by atoms with Gasteiger partial charge in [-0.15, -0.1) is 0 Å². The highest BCUT2D eigenvalue weighted by molar-refractivity contribution is 6.04. The highest BCUT2D eigenvalue weighted by atomic mass is 16.5. The summed E-state index contributed by atoms with van der Waals surface area (Å²) in [5.74, 6) is -0.293. The predicted octanol–water partition coefficient (Wildman–Crippen LogP) is 3.79. The van der Waals surface area contributed by atoms with Crippen molar-refractivity contribution in [3.8, 4) is 5.75 Å². The van der Waals surface area contributed by atoms with Gasteiger partial charge < -0.3 is 19.7 Å². The van der Waals surface area contributed by atoms with E-state index in [2.05, 4.69) is 5.32 Å². The minimum atomic E-state index is -0.377. The smallest absolute Gasteiger partial charge is 0.338 e. The second-order valence-corrected chi connectivity index (χ2v) is 7.18. The molecule has 3 rings (SSSR count). The molecule has 1 N–H and O–H groups in total. The number of nitrogens with one attached hydrogen (secondary N) is 1. The molecule has 0 spiro atoms. The molecule has 0 aliphatic carbocycles. The van der Waals surface area contributed by atoms with Crippen molar-refractivity contribution in [3.63, 3.8) is 0 Å². The minimum absolute atomic E-state index is 0.132. The molecule has 0 unspecified atom stereocenters. The van der Waals surface area contributed by atoms with E-state index in [9.17, 15) is 14.4 Å². The maximum atomic E-state index is 12.9. The van der Waals surface area contributed by atoms with Crippen LogP contribution in [-0.4, -0.2) is 37.0 Å². The van der Waals surface area contributed by atoms with Crippen LogP contribution < -0.4 is 15.0 Å². The number of carbonyl (C=O) groups excluding carboxylic acids is 3. The fraction of sp³-hybridized carbons (Fsp3) is 0.348. The molecule has 0 aromatic heterocycles. The second kappa shape index (κ2) is 9.91. The predicted molar refractivity (Wildman–Crippen MR) is 114 cm³/mol. The molecule has 158 valence electrons. The van der Waals surface area contributed by atoms with E-state index in [0.717, 1.165) is 12.8 Å². The molecule has 0 saturated carbocycles. The van der Waals surface area contributed by atoms with Crippen molar-refractivity contribution in [2.75, 3.05) is 23.4 Å². The van der Waals surface area contributed by atoms with Gasteiger partial charge in [-0.3, -0.25) is 9.59 Å². The highest BCUT2D eigenvalue weighted by Gasteiger charge is 2.29. The number of nitrogens with zero attached hydrogens (tertiary/aromatic N) is 1. The molecule has 1 heterocycles. The normalized spacial score (nSPS) is 15.6. The van der Waals surface area contributed by atoms with Crippen LogP contribution in [0.25, 0.3) is 0 Å². The van der Waals surface area contributed by atoms with Crippen molar-refractivity contribution < 1.29 is 23.9 Å². The van der Waals surface area contributed by atoms with E-state index in [1.165, 1.54) is 0 Å². The number of fused-ring (bicyclic) bond motifs is 1. The fourth-order valence-corrected chi connectivity index (χ4v) is 3.26. The lowest BCUT2D eigenvalue weighted by atomic mass is 10.1. The van der Waals surface area contributed by atoms with Crippen molar-refractivity contribution in [2.45, 2.75) is 39.2 Å². The summed E-state index contributed by atoms with van der Waals surface area (Å²) in [5, 5.41) is 2.83. The number of benzene rings is 2. The number of ether oxygens (including phenoxy) is 2. The summed E-state index contributed by atoms with van der Waals surface area (Å²) in [4.78, 5) is 38.5. The molecule has 30 heavy (non-hydrogen) atoms. The van der Waals surface area contributed by atoms with Gasteiger partial charge in [0.05, 0.1) is 23.5 Å². The number of unbranched alkanes of at least 4 members (excludes halogenated alkanes) is 1. The quantitative estimate of drug-likeness (QED) is 0.555. The molecule has 2 aromatic carbocycles. The van der Waals surface area contributed by atoms with Crippen LogP contribution in [0.5, 0.6) is 5.75 Å². The van der Waals surface area contributed by atoms with Crippen LogP contribution >= 0.6 is 0 Å². The summed E-state index contributed by atoms with van der Waals surface area (Å²) in [6.45, 7) is 4.07. The van der Waals surface area contributed by atoms with E-state index >= 15 is 0 Å². The van der Waals surface area contributed by atoms with Crippen LogP contribution in [0.2, 0.25) is 0 Å². The molecule has 1 aliphatic heterocycles. The Balaban J connectivity index is 1.64. The number of carbonyl (C=O) groups is 3. The first-order valence-corrected chi connectivity index (χ1v) is 10.1. The Hall–Kier alpha value is -3.35. The molecule has 0 bridgehead atoms. The Labute approximate surface area is 176 Å². The zero-order valence-corrected chi connectivity index (χ0v) is 17.2. The van der Waals surface area contributed by atoms with Crippen molar-refractivity contribution >= 4 is 29.2 Å². The lowest BCUT2D eigenvalue weighted by Crippen LogP contribution is -2.41. The van der Waals surface area contributed by atoms with Crippen molar-refractivity contribution in [1.29, 1.82) is 0 Å². The van der Waals surface area contributed by atoms with Crippen LogP contribution in [0.3, 0.4) is 0 Å². The molecule has 1 aliphatic rings. The maximum Gasteiger partial charge on any atom is 0.338 e. The van der Waals surface area contributed by atoms with Crippen LogP contribution in [0.4, 0.5) is 11.4 Å². The average Bonchev–Trinajstić information content (AvgIpc) is 2.86. The van der Waals surface area contributed by atoms with Crippen LogP contribution in [0.15, 0.2) is 48.5 Å². The molecule has 1 atom stereocenters. The summed E-state index contributed by atoms with van der Waals surface area (Å²) in [6.07, 6.45) is 1.99. The second-order valence-electron chi connectivity index (χ2n) is 7.18. The Morgan fingerprint density at radius 3 is 2.60 bits per heavy atom. The molecule has 2 amide bonds. The summed E-state index contributed by atoms with van der Waals surface area (Å²) in [5.41, 5.74) is 1.69. The van der Waals surface area contributed by atoms with Gasteiger partial charge in [0.1, 0.15) is 5.75 Å². The van der Waals surface area contributed by atoms with Gasteiger partial charge in [0.25, 0.3) is 5.91 Å². The SMILES string of the molecule is CCCCOC(=O)c1ccc(OCC(=O)N2c3ccccc3NC(=O)C[C@@H]2C)cc1. The Morgan fingerprint density at radius 1 is 1.13 bits per heavy atom. The average molecular weight is 410 g/mol. The van der Waals surface area contributed by atoms with E-state index in [0.29, 0.717) is 29.3 Å². The van der Waals surface area contributed by atoms with E-state index in [4.69, 9.17) is 9.47 Å². The van der Waals surface area contributed by atoms with Gasteiger partial charge >= 0.3 is 5.97 Å². The van der Waals surface area contributed by atoms with Crippen molar-refractivity contribution in [2.24, 2.45) is 0 Å². The summed E-state index contributed by atoms with van der Waals surface area (Å²) in [7, 11) is 0. The van der Waals surface area contributed by atoms with E-state index in [-0.39, 0.29) is 36.9 Å². The fourth-order valence-electron chi connectivity index (χ4n) is 3.26. The Kier molecular flexibility index (Phi) is 7.06. The first-order valence-electron chi connectivity index (χ1n) is 10.1. The van der Waals surface area contributed by atoms with E-state index < -0.39 is 0 Å². The van der Waals surface area contributed by atoms with E-state index in [1.807, 2.05) is 26.0 Å². The third-order valence-electron chi connectivity index (χ3n) is 4.81. The first kappa shape index (κ1) is 21.4. The molecule has 0 saturated heterocycles. The van der Waals surface area contributed by atoms with Crippen LogP contribution in [0.1, 0.15) is 43.5 Å². The number of amides is 2. The molecule has 7 heteroatoms. The summed E-state index contributed by atoms with van der Waals surface area (Å²) in [6, 6.07) is 13.4. The minimum Gasteiger partial charge on any atom is -0.484 e. The molecular weight excluding hydrogens is 384 g/mol. The zero-order valence-electron chi connectivity index (χ0n) is 17.2. The Morgan fingerprint density at radius 2 is 1.87 bits per heavy atom. The molecule has 0 radical (unpaired) electrons. The Bertz CT molecular complexity index is 910. The lowest BCUT2D eigenvalue weighted by Gasteiger charge is -2.27. The summed E-state index contributed by atoms with van der Waals surface area (Å²) >= 11 is 0. The zero-order chi connectivity index (χ0) is 21.5. The number of esters is 1. The highest BCUT2D eigenvalue weighted by Crippen LogP contribution is 2.31. The topological polar surface area (TPSA) is 84.9 Å². The number of hydrogen-bond donors (Lipinski definition) is 1. The van der Waals surface area contributed by atoms with Crippen LogP contribution in [-0.2, 0) is 14.3 Å². The third-order valence-corrected chi connectivity index (χ3v) is 4.81. The van der Waals surface area contributed by atoms with Gasteiger partial charge in [-0.1, -0.05) is 25.5 Å². The standard InChI is InChI=1S/C23H26N2O5/c1-3-4-13-29-23(28)17-9-11-18(12-10-17)30-15-22(27)25-16(2)14-21(26)24-19-7-5-6-8-20(19)25/h5-12,16H,3-4,13-15H2,1-2H3,(H,24,26)/t16-/m0/s1. The molecule has 0 fully saturated rings. The van der Waals surface area contributed by atoms with Gasteiger partial charge in [-0.2, -0.15) is 0 Å². The number of rotatable bonds is 7. The van der Waals surface area contributed by atoms with Gasteiger partial charge in [-0.25, -0.2) is 4.79 Å². The van der Waals surface area contributed by atoms with Gasteiger partial charge in [0.15, 0.2) is 6.61 Å². The molecule has 2 aromatic rings. The van der Waals surface area contributed by atoms with E-state index in [1.54, 1.807) is 41.3 Å². The van der Waals surface area contributed by atoms with Crippen molar-refractivity contribution in [3.05, 3.63) is 54.1 Å². The third kappa shape index (κ3) is 5.17. The number of para-hydroxylation sites is 2. The first-order chi connectivity index (χ1) is 14.5. The largest absolute Gasteiger partial charge is 0.484 e. The lowest BCUT2D eigenvalue weighted by molar-refractivity contribution is -0.121. The number of hydrogen-bond acceptors (Lipinski definition) is 5. The molecule has 7 nitrogen and oxygen atoms in total. The summed E-state index contributed by atoms with van der Waals surface area (Å²) < 4.78 is 10.8. The monoisotopic (exact) mass is 410 g/mol. The molecular formula is C23H26N2O5. The number of anilines is 2. The maximum absolute atomic E-state index is 12.9. The van der Waals surface area contributed by atoms with Gasteiger partial charge in [0.2, 0.25) is 5.91 Å². The van der Waals surface area contributed by atoms with Gasteiger partial charge in [-0.05, 0) is 49.7 Å². The van der Waals surface area contributed by atoms with Crippen LogP contribution in [0, 0.1) is 0 Å². The van der Waals surface area contributed by atoms with Gasteiger partial charge in [0, 0.05) is 12.5 Å².